The summed E-state index contributed by atoms with van der Waals surface area (Å²) in [7, 11) is -11.3. The molecule has 1 aliphatic rings. The molecule has 1 saturated heterocycles. The van der Waals surface area contributed by atoms with Crippen LogP contribution in [0, 0.1) is 0 Å². The van der Waals surface area contributed by atoms with Gasteiger partial charge in [-0.1, -0.05) is 0 Å². The van der Waals surface area contributed by atoms with Gasteiger partial charge in [-0.3, -0.25) is 8.37 Å². The first-order chi connectivity index (χ1) is 7.94. The lowest BCUT2D eigenvalue weighted by molar-refractivity contribution is 0.102. The zero-order chi connectivity index (χ0) is 14.2. The Morgan fingerprint density at radius 1 is 1.06 bits per heavy atom. The first-order valence-electron chi connectivity index (χ1n) is 4.94. The maximum Gasteiger partial charge on any atom is 0.267 e. The largest absolute Gasteiger partial charge is 0.267 e. The molecule has 0 aromatic rings. The quantitative estimate of drug-likeness (QED) is 0.560. The summed E-state index contributed by atoms with van der Waals surface area (Å²) in [6, 6.07) is 0. The molecular weight excluding hydrogens is 308 g/mol. The normalized spacial score (nSPS) is 28.3. The molecule has 0 N–H and O–H groups in total. The van der Waals surface area contributed by atoms with E-state index >= 15 is 0 Å². The van der Waals surface area contributed by atoms with Gasteiger partial charge < -0.3 is 0 Å². The Morgan fingerprint density at radius 3 is 1.89 bits per heavy atom. The Morgan fingerprint density at radius 2 is 1.50 bits per heavy atom. The van der Waals surface area contributed by atoms with Crippen LogP contribution in [0.4, 0.5) is 0 Å². The zero-order valence-corrected chi connectivity index (χ0v) is 12.2. The molecule has 2 unspecified atom stereocenters. The van der Waals surface area contributed by atoms with E-state index < -0.39 is 53.8 Å². The number of rotatable bonds is 5. The van der Waals surface area contributed by atoms with E-state index in [9.17, 15) is 25.3 Å². The van der Waals surface area contributed by atoms with Crippen molar-refractivity contribution in [1.29, 1.82) is 0 Å². The van der Waals surface area contributed by atoms with Crippen LogP contribution in [0.2, 0.25) is 0 Å². The van der Waals surface area contributed by atoms with Crippen molar-refractivity contribution in [2.75, 3.05) is 23.5 Å². The summed E-state index contributed by atoms with van der Waals surface area (Å²) in [5, 5.41) is 0. The van der Waals surface area contributed by atoms with E-state index in [2.05, 4.69) is 8.37 Å². The van der Waals surface area contributed by atoms with Gasteiger partial charge in [0.2, 0.25) is 0 Å². The lowest BCUT2D eigenvalue weighted by Crippen LogP contribution is -2.34. The first-order valence-corrected chi connectivity index (χ1v) is 10.2. The van der Waals surface area contributed by atoms with Gasteiger partial charge in [-0.15, -0.1) is 0 Å². The summed E-state index contributed by atoms with van der Waals surface area (Å²) in [4.78, 5) is 0. The highest BCUT2D eigenvalue weighted by molar-refractivity contribution is 7.92. The molecule has 2 atom stereocenters. The van der Waals surface area contributed by atoms with Gasteiger partial charge in [0.15, 0.2) is 9.84 Å². The van der Waals surface area contributed by atoms with Gasteiger partial charge in [0.05, 0.1) is 23.5 Å². The smallest absolute Gasteiger partial charge is 0.263 e. The van der Waals surface area contributed by atoms with Crippen molar-refractivity contribution in [3.63, 3.8) is 0 Å². The molecule has 0 aromatic heterocycles. The monoisotopic (exact) mass is 322 g/mol. The minimum absolute atomic E-state index is 0.338. The van der Waals surface area contributed by atoms with Crippen LogP contribution in [-0.2, 0) is 38.4 Å². The number of hydrogen-bond donors (Lipinski definition) is 0. The van der Waals surface area contributed by atoms with E-state index in [1.165, 1.54) is 6.92 Å². The molecule has 0 amide bonds. The Hall–Kier alpha value is -0.230. The van der Waals surface area contributed by atoms with Crippen molar-refractivity contribution in [2.45, 2.75) is 19.1 Å². The predicted octanol–water partition coefficient (Wildman–Crippen LogP) is -1.51. The summed E-state index contributed by atoms with van der Waals surface area (Å²) in [6.07, 6.45) is -1.90. The van der Waals surface area contributed by atoms with E-state index in [4.69, 9.17) is 0 Å². The highest BCUT2D eigenvalue weighted by Gasteiger charge is 2.43. The molecule has 0 aliphatic carbocycles. The molecule has 0 radical (unpaired) electrons. The number of hydrogen-bond acceptors (Lipinski definition) is 8. The van der Waals surface area contributed by atoms with Crippen molar-refractivity contribution in [1.82, 2.24) is 0 Å². The van der Waals surface area contributed by atoms with Crippen molar-refractivity contribution in [3.8, 4) is 0 Å². The van der Waals surface area contributed by atoms with E-state index in [0.29, 0.717) is 0 Å². The van der Waals surface area contributed by atoms with Gasteiger partial charge in [0, 0.05) is 0 Å². The fraction of sp³-hybridized carbons (Fsp3) is 1.00. The molecule has 1 rings (SSSR count). The van der Waals surface area contributed by atoms with Crippen LogP contribution in [0.5, 0.6) is 0 Å². The third kappa shape index (κ3) is 4.80. The standard InChI is InChI=1S/C7H14O8S3/c1-3-18(12,13)15-7-5-17(10,11)4-6(7)14-16(2,8)9/h6-7H,3-5H2,1-2H3. The maximum atomic E-state index is 11.4. The van der Waals surface area contributed by atoms with Crippen LogP contribution < -0.4 is 0 Å². The molecular formula is C7H14O8S3. The van der Waals surface area contributed by atoms with Crippen LogP contribution in [0.15, 0.2) is 0 Å². The molecule has 1 aliphatic heterocycles. The second-order valence-electron chi connectivity index (χ2n) is 3.90. The fourth-order valence-electron chi connectivity index (χ4n) is 1.44. The van der Waals surface area contributed by atoms with E-state index in [-0.39, 0.29) is 5.75 Å². The highest BCUT2D eigenvalue weighted by atomic mass is 32.2. The minimum atomic E-state index is -3.89. The highest BCUT2D eigenvalue weighted by Crippen LogP contribution is 2.22. The molecule has 0 saturated carbocycles. The van der Waals surface area contributed by atoms with Crippen LogP contribution >= 0.6 is 0 Å². The molecule has 18 heavy (non-hydrogen) atoms. The van der Waals surface area contributed by atoms with Crippen molar-refractivity contribution in [2.24, 2.45) is 0 Å². The van der Waals surface area contributed by atoms with Crippen LogP contribution in [0.25, 0.3) is 0 Å². The lowest BCUT2D eigenvalue weighted by atomic mass is 10.3. The lowest BCUT2D eigenvalue weighted by Gasteiger charge is -2.16. The summed E-state index contributed by atoms with van der Waals surface area (Å²) in [5.74, 6) is -1.49. The Bertz CT molecular complexity index is 599. The summed E-state index contributed by atoms with van der Waals surface area (Å²) >= 11 is 0. The van der Waals surface area contributed by atoms with Crippen molar-refractivity contribution in [3.05, 3.63) is 0 Å². The van der Waals surface area contributed by atoms with Gasteiger partial charge >= 0.3 is 0 Å². The van der Waals surface area contributed by atoms with Crippen LogP contribution in [-0.4, -0.2) is 61.0 Å². The summed E-state index contributed by atoms with van der Waals surface area (Å²) < 4.78 is 76.3. The van der Waals surface area contributed by atoms with E-state index in [1.807, 2.05) is 0 Å². The minimum Gasteiger partial charge on any atom is -0.263 e. The molecule has 0 bridgehead atoms. The molecule has 8 nitrogen and oxygen atoms in total. The van der Waals surface area contributed by atoms with Gasteiger partial charge in [-0.05, 0) is 6.92 Å². The Kier molecular flexibility index (Phi) is 4.43. The molecule has 108 valence electrons. The first kappa shape index (κ1) is 15.8. The van der Waals surface area contributed by atoms with Gasteiger partial charge in [0.25, 0.3) is 20.2 Å². The predicted molar refractivity (Wildman–Crippen MR) is 62.7 cm³/mol. The summed E-state index contributed by atoms with van der Waals surface area (Å²) in [5.41, 5.74) is 0. The molecule has 0 aromatic carbocycles. The second kappa shape index (κ2) is 5.04. The van der Waals surface area contributed by atoms with E-state index in [0.717, 1.165) is 6.26 Å². The summed E-state index contributed by atoms with van der Waals surface area (Å²) in [6.45, 7) is 1.32. The second-order valence-corrected chi connectivity index (χ2v) is 9.54. The average molecular weight is 322 g/mol. The van der Waals surface area contributed by atoms with Gasteiger partial charge in [-0.25, -0.2) is 8.42 Å². The van der Waals surface area contributed by atoms with Gasteiger partial charge in [-0.2, -0.15) is 16.8 Å². The molecule has 1 fully saturated rings. The molecule has 0 spiro atoms. The number of sulfone groups is 1. The Balaban J connectivity index is 2.94. The Labute approximate surface area is 106 Å². The van der Waals surface area contributed by atoms with E-state index in [1.54, 1.807) is 0 Å². The molecule has 1 heterocycles. The topological polar surface area (TPSA) is 121 Å². The van der Waals surface area contributed by atoms with Crippen molar-refractivity contribution < 1.29 is 33.6 Å². The van der Waals surface area contributed by atoms with Crippen LogP contribution in [0.1, 0.15) is 6.92 Å². The van der Waals surface area contributed by atoms with Crippen LogP contribution in [0.3, 0.4) is 0 Å². The SMILES string of the molecule is CCS(=O)(=O)OC1CS(=O)(=O)CC1OS(C)(=O)=O. The van der Waals surface area contributed by atoms with Crippen molar-refractivity contribution >= 4 is 30.1 Å². The third-order valence-corrected chi connectivity index (χ3v) is 5.69. The average Bonchev–Trinajstić information content (AvgIpc) is 2.37. The zero-order valence-electron chi connectivity index (χ0n) is 9.77. The molecule has 11 heteroatoms. The van der Waals surface area contributed by atoms with Gasteiger partial charge in [0.1, 0.15) is 12.2 Å². The fourth-order valence-corrected chi connectivity index (χ4v) is 4.66. The third-order valence-electron chi connectivity index (χ3n) is 2.17. The maximum absolute atomic E-state index is 11.4.